The molecule has 0 saturated carbocycles. The van der Waals surface area contributed by atoms with Crippen LogP contribution < -0.4 is 10.2 Å². The molecule has 6 nitrogen and oxygen atoms in total. The monoisotopic (exact) mass is 298 g/mol. The zero-order valence-electron chi connectivity index (χ0n) is 12.4. The molecule has 22 heavy (non-hydrogen) atoms. The van der Waals surface area contributed by atoms with E-state index in [-0.39, 0.29) is 11.8 Å². The third kappa shape index (κ3) is 3.33. The fraction of sp³-hybridized carbons (Fsp3) is 0.312. The summed E-state index contributed by atoms with van der Waals surface area (Å²) in [5, 5.41) is 4.15. The molecule has 0 aliphatic carbocycles. The van der Waals surface area contributed by atoms with Crippen molar-refractivity contribution < 1.29 is 9.53 Å². The number of nitrogens with one attached hydrogen (secondary N) is 1. The Morgan fingerprint density at radius 2 is 2.18 bits per heavy atom. The number of nitrogens with zero attached hydrogens (tertiary/aromatic N) is 3. The molecule has 1 aliphatic heterocycles. The number of rotatable bonds is 5. The van der Waals surface area contributed by atoms with Crippen LogP contribution in [0.5, 0.6) is 5.75 Å². The third-order valence-electron chi connectivity index (χ3n) is 3.59. The van der Waals surface area contributed by atoms with Gasteiger partial charge < -0.3 is 9.30 Å². The number of ether oxygens (including phenoxy) is 1. The van der Waals surface area contributed by atoms with Crippen molar-refractivity contribution >= 4 is 11.6 Å². The SMILES string of the molecule is CC1CC(=O)NN=C1c1ccc(OCCn2ccnc2)cc1. The topological polar surface area (TPSA) is 68.5 Å². The Balaban J connectivity index is 1.59. The molecule has 114 valence electrons. The van der Waals surface area contributed by atoms with Crippen molar-refractivity contribution in [1.29, 1.82) is 0 Å². The Morgan fingerprint density at radius 3 is 2.86 bits per heavy atom. The summed E-state index contributed by atoms with van der Waals surface area (Å²) in [4.78, 5) is 15.3. The van der Waals surface area contributed by atoms with E-state index in [0.29, 0.717) is 13.0 Å². The van der Waals surface area contributed by atoms with E-state index in [4.69, 9.17) is 4.74 Å². The molecule has 1 atom stereocenters. The summed E-state index contributed by atoms with van der Waals surface area (Å²) in [5.41, 5.74) is 4.45. The molecule has 1 aromatic heterocycles. The Hall–Kier alpha value is -2.63. The van der Waals surface area contributed by atoms with Gasteiger partial charge in [0.1, 0.15) is 12.4 Å². The summed E-state index contributed by atoms with van der Waals surface area (Å²) < 4.78 is 7.68. The molecule has 6 heteroatoms. The van der Waals surface area contributed by atoms with Crippen molar-refractivity contribution in [2.45, 2.75) is 19.9 Å². The number of amides is 1. The molecule has 2 heterocycles. The first kappa shape index (κ1) is 14.3. The van der Waals surface area contributed by atoms with E-state index in [1.165, 1.54) is 0 Å². The minimum absolute atomic E-state index is 0.0318. The summed E-state index contributed by atoms with van der Waals surface area (Å²) in [7, 11) is 0. The zero-order valence-corrected chi connectivity index (χ0v) is 12.4. The molecule has 0 fully saturated rings. The number of carbonyl (C=O) groups is 1. The smallest absolute Gasteiger partial charge is 0.240 e. The van der Waals surface area contributed by atoms with E-state index in [1.807, 2.05) is 42.0 Å². The van der Waals surface area contributed by atoms with Gasteiger partial charge in [0, 0.05) is 24.7 Å². The number of imidazole rings is 1. The molecule has 1 unspecified atom stereocenters. The fourth-order valence-corrected chi connectivity index (χ4v) is 2.41. The molecule has 0 saturated heterocycles. The quantitative estimate of drug-likeness (QED) is 0.915. The van der Waals surface area contributed by atoms with Crippen LogP contribution in [0.15, 0.2) is 48.1 Å². The number of benzene rings is 1. The van der Waals surface area contributed by atoms with Crippen LogP contribution in [0.4, 0.5) is 0 Å². The highest BCUT2D eigenvalue weighted by atomic mass is 16.5. The van der Waals surface area contributed by atoms with Crippen LogP contribution in [-0.2, 0) is 11.3 Å². The normalized spacial score (nSPS) is 17.8. The minimum atomic E-state index is -0.0318. The first-order valence-electron chi connectivity index (χ1n) is 7.28. The molecular formula is C16H18N4O2. The van der Waals surface area contributed by atoms with Gasteiger partial charge >= 0.3 is 0 Å². The van der Waals surface area contributed by atoms with Crippen molar-refractivity contribution in [3.63, 3.8) is 0 Å². The van der Waals surface area contributed by atoms with E-state index in [0.717, 1.165) is 23.6 Å². The second kappa shape index (κ2) is 6.43. The predicted molar refractivity (Wildman–Crippen MR) is 82.6 cm³/mol. The lowest BCUT2D eigenvalue weighted by Crippen LogP contribution is -2.31. The van der Waals surface area contributed by atoms with Crippen LogP contribution in [0, 0.1) is 5.92 Å². The average molecular weight is 298 g/mol. The van der Waals surface area contributed by atoms with Crippen molar-refractivity contribution in [2.75, 3.05) is 6.61 Å². The van der Waals surface area contributed by atoms with Gasteiger partial charge in [0.2, 0.25) is 5.91 Å². The lowest BCUT2D eigenvalue weighted by atomic mass is 9.94. The van der Waals surface area contributed by atoms with Gasteiger partial charge in [-0.25, -0.2) is 10.4 Å². The van der Waals surface area contributed by atoms with Crippen LogP contribution in [-0.4, -0.2) is 27.8 Å². The molecule has 1 amide bonds. The summed E-state index contributed by atoms with van der Waals surface area (Å²) in [6, 6.07) is 7.79. The molecular weight excluding hydrogens is 280 g/mol. The number of carbonyl (C=O) groups excluding carboxylic acids is 1. The highest BCUT2D eigenvalue weighted by Gasteiger charge is 2.21. The van der Waals surface area contributed by atoms with E-state index >= 15 is 0 Å². The van der Waals surface area contributed by atoms with E-state index in [9.17, 15) is 4.79 Å². The van der Waals surface area contributed by atoms with Gasteiger partial charge in [-0.2, -0.15) is 5.10 Å². The molecule has 0 radical (unpaired) electrons. The maximum atomic E-state index is 11.3. The molecule has 1 N–H and O–H groups in total. The van der Waals surface area contributed by atoms with Gasteiger partial charge in [-0.1, -0.05) is 6.92 Å². The van der Waals surface area contributed by atoms with E-state index < -0.39 is 0 Å². The first-order chi connectivity index (χ1) is 10.7. The Bertz CT molecular complexity index is 662. The first-order valence-corrected chi connectivity index (χ1v) is 7.28. The van der Waals surface area contributed by atoms with Gasteiger partial charge in [-0.05, 0) is 29.8 Å². The summed E-state index contributed by atoms with van der Waals surface area (Å²) in [6.07, 6.45) is 5.90. The van der Waals surface area contributed by atoms with Gasteiger partial charge in [0.05, 0.1) is 18.6 Å². The summed E-state index contributed by atoms with van der Waals surface area (Å²) in [6.45, 7) is 3.35. The maximum Gasteiger partial charge on any atom is 0.240 e. The van der Waals surface area contributed by atoms with Gasteiger partial charge in [-0.15, -0.1) is 0 Å². The Kier molecular flexibility index (Phi) is 4.18. The fourth-order valence-electron chi connectivity index (χ4n) is 2.41. The summed E-state index contributed by atoms with van der Waals surface area (Å²) >= 11 is 0. The molecule has 1 aromatic carbocycles. The standard InChI is InChI=1S/C16H18N4O2/c1-12-10-15(21)18-19-16(12)13-2-4-14(5-3-13)22-9-8-20-7-6-17-11-20/h2-7,11-12H,8-10H2,1H3,(H,18,21). The zero-order chi connectivity index (χ0) is 15.4. The van der Waals surface area contributed by atoms with Crippen LogP contribution in [0.3, 0.4) is 0 Å². The lowest BCUT2D eigenvalue weighted by Gasteiger charge is -2.19. The molecule has 1 aliphatic rings. The number of hydrazone groups is 1. The van der Waals surface area contributed by atoms with Gasteiger partial charge in [0.15, 0.2) is 0 Å². The Morgan fingerprint density at radius 1 is 1.36 bits per heavy atom. The lowest BCUT2D eigenvalue weighted by molar-refractivity contribution is -0.121. The number of hydrogen-bond donors (Lipinski definition) is 1. The van der Waals surface area contributed by atoms with E-state index in [1.54, 1.807) is 12.5 Å². The van der Waals surface area contributed by atoms with Gasteiger partial charge in [-0.3, -0.25) is 4.79 Å². The second-order valence-electron chi connectivity index (χ2n) is 5.31. The average Bonchev–Trinajstić information content (AvgIpc) is 3.02. The summed E-state index contributed by atoms with van der Waals surface area (Å²) in [5.74, 6) is 0.912. The van der Waals surface area contributed by atoms with Crippen LogP contribution >= 0.6 is 0 Å². The van der Waals surface area contributed by atoms with Gasteiger partial charge in [0.25, 0.3) is 0 Å². The highest BCUT2D eigenvalue weighted by molar-refractivity contribution is 6.05. The van der Waals surface area contributed by atoms with Crippen molar-refractivity contribution in [1.82, 2.24) is 15.0 Å². The van der Waals surface area contributed by atoms with Crippen LogP contribution in [0.2, 0.25) is 0 Å². The molecule has 0 bridgehead atoms. The highest BCUT2D eigenvalue weighted by Crippen LogP contribution is 2.19. The minimum Gasteiger partial charge on any atom is -0.492 e. The van der Waals surface area contributed by atoms with Crippen LogP contribution in [0.25, 0.3) is 0 Å². The van der Waals surface area contributed by atoms with Crippen molar-refractivity contribution in [3.8, 4) is 5.75 Å². The second-order valence-corrected chi connectivity index (χ2v) is 5.31. The van der Waals surface area contributed by atoms with Crippen molar-refractivity contribution in [3.05, 3.63) is 48.5 Å². The number of aromatic nitrogens is 2. The number of hydrogen-bond acceptors (Lipinski definition) is 4. The molecule has 3 rings (SSSR count). The van der Waals surface area contributed by atoms with E-state index in [2.05, 4.69) is 15.5 Å². The van der Waals surface area contributed by atoms with Crippen molar-refractivity contribution in [2.24, 2.45) is 11.0 Å². The maximum absolute atomic E-state index is 11.3. The third-order valence-corrected chi connectivity index (χ3v) is 3.59. The Labute approximate surface area is 128 Å². The molecule has 0 spiro atoms. The molecule has 2 aromatic rings. The largest absolute Gasteiger partial charge is 0.492 e. The predicted octanol–water partition coefficient (Wildman–Crippen LogP) is 1.82. The van der Waals surface area contributed by atoms with Crippen LogP contribution in [0.1, 0.15) is 18.9 Å².